The first kappa shape index (κ1) is 45.6. The molecule has 5 aromatic carbocycles. The molecule has 0 radical (unpaired) electrons. The first-order chi connectivity index (χ1) is 31.7. The lowest BCUT2D eigenvalue weighted by Crippen LogP contribution is -2.39. The summed E-state index contributed by atoms with van der Waals surface area (Å²) in [5, 5.41) is 15.4. The van der Waals surface area contributed by atoms with E-state index in [-0.39, 0.29) is 31.7 Å². The third kappa shape index (κ3) is 9.85. The van der Waals surface area contributed by atoms with Gasteiger partial charge >= 0.3 is 0 Å². The number of nitriles is 1. The summed E-state index contributed by atoms with van der Waals surface area (Å²) < 4.78 is 43.5. The number of fused-ring (bicyclic) bond motifs is 2. The summed E-state index contributed by atoms with van der Waals surface area (Å²) in [5.41, 5.74) is 4.03. The maximum absolute atomic E-state index is 9.48. The van der Waals surface area contributed by atoms with E-state index in [9.17, 15) is 5.26 Å². The average Bonchev–Trinajstić information content (AvgIpc) is 3.96. The Morgan fingerprint density at radius 2 is 1.46 bits per heavy atom. The van der Waals surface area contributed by atoms with Gasteiger partial charge in [0.15, 0.2) is 17.0 Å². The number of imidazole rings is 1. The minimum atomic E-state index is -1.63. The second-order valence-corrected chi connectivity index (χ2v) is 17.8. The van der Waals surface area contributed by atoms with Gasteiger partial charge in [0.25, 0.3) is 8.53 Å². The Morgan fingerprint density at radius 1 is 0.815 bits per heavy atom. The van der Waals surface area contributed by atoms with E-state index < -0.39 is 32.6 Å². The fourth-order valence-corrected chi connectivity index (χ4v) is 10.4. The Kier molecular flexibility index (Phi) is 14.7. The molecular weight excluding hydrogens is 838 g/mol. The van der Waals surface area contributed by atoms with Crippen molar-refractivity contribution < 1.29 is 28.0 Å². The van der Waals surface area contributed by atoms with E-state index in [0.29, 0.717) is 29.9 Å². The molecule has 336 valence electrons. The molecule has 1 aliphatic rings. The highest BCUT2D eigenvalue weighted by molar-refractivity contribution is 7.44. The van der Waals surface area contributed by atoms with Gasteiger partial charge in [-0.2, -0.15) is 5.26 Å². The number of ether oxygens (including phenoxy) is 4. The minimum absolute atomic E-state index is 0.0981. The Morgan fingerprint density at radius 3 is 2.12 bits per heavy atom. The van der Waals surface area contributed by atoms with Crippen LogP contribution < -0.4 is 14.8 Å². The first-order valence-corrected chi connectivity index (χ1v) is 23.1. The number of nitrogens with one attached hydrogen (secondary N) is 1. The zero-order valence-corrected chi connectivity index (χ0v) is 38.6. The van der Waals surface area contributed by atoms with Gasteiger partial charge < -0.3 is 33.3 Å². The predicted octanol–water partition coefficient (Wildman–Crippen LogP) is 10.6. The number of benzene rings is 5. The van der Waals surface area contributed by atoms with Gasteiger partial charge in [-0.05, 0) is 85.0 Å². The maximum Gasteiger partial charge on any atom is 0.259 e. The molecule has 7 aromatic rings. The number of anilines is 1. The van der Waals surface area contributed by atoms with Crippen molar-refractivity contribution in [1.82, 2.24) is 24.2 Å². The van der Waals surface area contributed by atoms with Crippen molar-refractivity contribution in [1.29, 1.82) is 5.26 Å². The molecule has 65 heavy (non-hydrogen) atoms. The van der Waals surface area contributed by atoms with Crippen LogP contribution in [0, 0.1) is 11.3 Å². The average molecular weight is 894 g/mol. The Labute approximate surface area is 382 Å². The second-order valence-electron chi connectivity index (χ2n) is 16.4. The van der Waals surface area contributed by atoms with Crippen molar-refractivity contribution in [3.63, 3.8) is 0 Å². The number of methoxy groups -OCH3 is 2. The summed E-state index contributed by atoms with van der Waals surface area (Å²) >= 11 is 0. The zero-order chi connectivity index (χ0) is 45.3. The summed E-state index contributed by atoms with van der Waals surface area (Å²) in [6, 6.07) is 43.2. The van der Waals surface area contributed by atoms with E-state index in [1.165, 1.54) is 10.8 Å². The van der Waals surface area contributed by atoms with Gasteiger partial charge in [-0.25, -0.2) is 19.6 Å². The maximum atomic E-state index is 9.48. The molecule has 1 unspecified atom stereocenters. The van der Waals surface area contributed by atoms with Crippen LogP contribution in [0.2, 0.25) is 0 Å². The molecule has 0 aliphatic carbocycles. The molecule has 1 aliphatic heterocycles. The second kappa shape index (κ2) is 20.9. The van der Waals surface area contributed by atoms with Crippen LogP contribution in [0.5, 0.6) is 11.5 Å². The molecule has 0 saturated carbocycles. The normalized spacial score (nSPS) is 17.0. The number of hydrogen-bond acceptors (Lipinski definition) is 12. The molecule has 4 atom stereocenters. The van der Waals surface area contributed by atoms with Gasteiger partial charge in [-0.15, -0.1) is 0 Å². The van der Waals surface area contributed by atoms with Crippen molar-refractivity contribution in [3.8, 4) is 17.6 Å². The SMILES string of the molecule is COc1ccc(C(OC[C@H]2O[C@@H](n3cnc4c(NCc5cccc6ccccc56)ncnc43)C[C@@H]2OP(OCCC#N)N(C(C)C)C(C)C)(c2ccccc2)c2ccc(OC)cc2)cc1. The minimum Gasteiger partial charge on any atom is -0.497 e. The highest BCUT2D eigenvalue weighted by atomic mass is 31.2. The van der Waals surface area contributed by atoms with Crippen molar-refractivity contribution in [2.45, 2.75) is 83.2 Å². The quantitative estimate of drug-likeness (QED) is 0.0443. The van der Waals surface area contributed by atoms with Crippen molar-refractivity contribution in [2.24, 2.45) is 0 Å². The number of hydrogen-bond donors (Lipinski definition) is 1. The third-order valence-electron chi connectivity index (χ3n) is 11.7. The molecule has 8 rings (SSSR count). The molecule has 0 bridgehead atoms. The number of rotatable bonds is 20. The van der Waals surface area contributed by atoms with Gasteiger partial charge in [0.2, 0.25) is 0 Å². The van der Waals surface area contributed by atoms with Gasteiger partial charge in [-0.1, -0.05) is 97.1 Å². The van der Waals surface area contributed by atoms with E-state index >= 15 is 0 Å². The molecule has 3 heterocycles. The van der Waals surface area contributed by atoms with Gasteiger partial charge in [-0.3, -0.25) is 4.57 Å². The van der Waals surface area contributed by atoms with Crippen LogP contribution in [0.3, 0.4) is 0 Å². The van der Waals surface area contributed by atoms with Crippen LogP contribution >= 0.6 is 8.53 Å². The van der Waals surface area contributed by atoms with Gasteiger partial charge in [0, 0.05) is 25.0 Å². The molecule has 14 heteroatoms. The molecule has 2 aromatic heterocycles. The Hall–Kier alpha value is -5.97. The summed E-state index contributed by atoms with van der Waals surface area (Å²) in [5.74, 6) is 2.08. The molecule has 1 fully saturated rings. The van der Waals surface area contributed by atoms with E-state index in [2.05, 4.69) is 97.3 Å². The van der Waals surface area contributed by atoms with Crippen molar-refractivity contribution in [2.75, 3.05) is 32.8 Å². The first-order valence-electron chi connectivity index (χ1n) is 22.0. The molecule has 1 saturated heterocycles. The van der Waals surface area contributed by atoms with Crippen LogP contribution in [0.25, 0.3) is 21.9 Å². The summed E-state index contributed by atoms with van der Waals surface area (Å²) in [6.45, 7) is 9.42. The highest BCUT2D eigenvalue weighted by Crippen LogP contribution is 2.51. The van der Waals surface area contributed by atoms with E-state index in [1.807, 2.05) is 77.4 Å². The standard InChI is InChI=1S/C51H56N7O6P/c1-35(2)58(36(3)4)65(62-29-13-28-52)64-45-30-47(57-34-56-48-49(54-33-55-50(48)57)53-31-38-16-12-15-37-14-10-11-19-44(37)38)63-46(45)32-61-51(39-17-8-7-9-18-39,40-20-24-42(59-5)25-21-40)41-22-26-43(60-6)27-23-41/h7-12,14-27,33-36,45-47H,13,29-32H2,1-6H3,(H,53,54,55)/t45-,46+,47+,65?/m0/s1. The molecular formula is C51H56N7O6P. The summed E-state index contributed by atoms with van der Waals surface area (Å²) in [7, 11) is 1.68. The fourth-order valence-electron chi connectivity index (χ4n) is 8.64. The van der Waals surface area contributed by atoms with Gasteiger partial charge in [0.05, 0.1) is 52.4 Å². The molecule has 0 amide bonds. The Balaban J connectivity index is 1.16. The van der Waals surface area contributed by atoms with Crippen molar-refractivity contribution in [3.05, 3.63) is 156 Å². The fraction of sp³-hybridized carbons (Fsp3) is 0.333. The molecule has 1 N–H and O–H groups in total. The third-order valence-corrected chi connectivity index (χ3v) is 13.9. The van der Waals surface area contributed by atoms with Crippen molar-refractivity contribution >= 4 is 36.3 Å². The Bertz CT molecular complexity index is 2610. The van der Waals surface area contributed by atoms with Gasteiger partial charge in [0.1, 0.15) is 35.8 Å². The lowest BCUT2D eigenvalue weighted by Gasteiger charge is -2.39. The number of aromatic nitrogens is 4. The largest absolute Gasteiger partial charge is 0.497 e. The molecule has 13 nitrogen and oxygen atoms in total. The lowest BCUT2D eigenvalue weighted by molar-refractivity contribution is -0.0912. The van der Waals surface area contributed by atoms with Crippen LogP contribution in [-0.2, 0) is 30.7 Å². The predicted molar refractivity (Wildman–Crippen MR) is 253 cm³/mol. The van der Waals surface area contributed by atoms with Crippen LogP contribution in [0.15, 0.2) is 134 Å². The van der Waals surface area contributed by atoms with E-state index in [1.54, 1.807) is 26.9 Å². The summed E-state index contributed by atoms with van der Waals surface area (Å²) in [6.07, 6.45) is 2.37. The van der Waals surface area contributed by atoms with E-state index in [4.69, 9.17) is 38.0 Å². The van der Waals surface area contributed by atoms with Crippen LogP contribution in [-0.4, -0.2) is 75.9 Å². The van der Waals surface area contributed by atoms with Crippen LogP contribution in [0.4, 0.5) is 5.82 Å². The monoisotopic (exact) mass is 893 g/mol. The molecule has 0 spiro atoms. The highest BCUT2D eigenvalue weighted by Gasteiger charge is 2.45. The summed E-state index contributed by atoms with van der Waals surface area (Å²) in [4.78, 5) is 14.2. The van der Waals surface area contributed by atoms with Crippen LogP contribution in [0.1, 0.15) is 69.0 Å². The topological polar surface area (TPSA) is 138 Å². The van der Waals surface area contributed by atoms with E-state index in [0.717, 1.165) is 33.8 Å². The smallest absolute Gasteiger partial charge is 0.259 e. The zero-order valence-electron chi connectivity index (χ0n) is 37.7. The lowest BCUT2D eigenvalue weighted by atomic mass is 9.80. The number of nitrogens with zero attached hydrogens (tertiary/aromatic N) is 6.